The van der Waals surface area contributed by atoms with Crippen LogP contribution < -0.4 is 5.32 Å². The maximum absolute atomic E-state index is 12.8. The number of hydrogen-bond acceptors (Lipinski definition) is 4. The Hall–Kier alpha value is -0.210. The molecule has 0 aromatic carbocycles. The molecule has 2 saturated heterocycles. The smallest absolute Gasteiger partial charge is 0.282 e. The summed E-state index contributed by atoms with van der Waals surface area (Å²) in [6.07, 6.45) is 4.94. The highest BCUT2D eigenvalue weighted by atomic mass is 32.2. The summed E-state index contributed by atoms with van der Waals surface area (Å²) in [6.45, 7) is 3.49. The average molecular weight is 319 g/mol. The van der Waals surface area contributed by atoms with E-state index in [4.69, 9.17) is 4.74 Å². The van der Waals surface area contributed by atoms with Gasteiger partial charge in [0.25, 0.3) is 10.2 Å². The molecule has 7 heteroatoms. The molecule has 0 aromatic heterocycles. The van der Waals surface area contributed by atoms with Gasteiger partial charge in [0, 0.05) is 45.9 Å². The van der Waals surface area contributed by atoms with Crippen LogP contribution in [0.5, 0.6) is 0 Å². The van der Waals surface area contributed by atoms with Gasteiger partial charge in [-0.2, -0.15) is 17.0 Å². The van der Waals surface area contributed by atoms with Crippen LogP contribution in [0, 0.1) is 5.92 Å². The van der Waals surface area contributed by atoms with Gasteiger partial charge in [-0.05, 0) is 38.6 Å². The Morgan fingerprint density at radius 2 is 1.95 bits per heavy atom. The second kappa shape index (κ2) is 7.87. The summed E-state index contributed by atoms with van der Waals surface area (Å²) in [7, 11) is 0.251. The number of hydrogen-bond donors (Lipinski definition) is 1. The first-order valence-corrected chi connectivity index (χ1v) is 9.41. The summed E-state index contributed by atoms with van der Waals surface area (Å²) >= 11 is 0. The fraction of sp³-hybridized carbons (Fsp3) is 1.00. The van der Waals surface area contributed by atoms with E-state index in [0.717, 1.165) is 51.9 Å². The summed E-state index contributed by atoms with van der Waals surface area (Å²) in [5, 5.41) is 3.12. The molecule has 6 nitrogen and oxygen atoms in total. The maximum atomic E-state index is 12.8. The van der Waals surface area contributed by atoms with E-state index in [9.17, 15) is 8.42 Å². The summed E-state index contributed by atoms with van der Waals surface area (Å²) in [6, 6.07) is 0.0888. The maximum Gasteiger partial charge on any atom is 0.282 e. The topological polar surface area (TPSA) is 61.9 Å². The zero-order chi connectivity index (χ0) is 15.3. The van der Waals surface area contributed by atoms with Crippen molar-refractivity contribution in [3.8, 4) is 0 Å². The van der Waals surface area contributed by atoms with E-state index in [1.54, 1.807) is 15.7 Å². The van der Waals surface area contributed by atoms with Gasteiger partial charge in [0.2, 0.25) is 0 Å². The van der Waals surface area contributed by atoms with Gasteiger partial charge in [-0.1, -0.05) is 6.42 Å². The monoisotopic (exact) mass is 319 g/mol. The number of nitrogens with zero attached hydrogens (tertiary/aromatic N) is 2. The highest BCUT2D eigenvalue weighted by Crippen LogP contribution is 2.24. The first kappa shape index (κ1) is 17.1. The first-order chi connectivity index (χ1) is 10.1. The number of rotatable bonds is 6. The van der Waals surface area contributed by atoms with E-state index in [2.05, 4.69) is 5.32 Å². The quantitative estimate of drug-likeness (QED) is 0.781. The lowest BCUT2D eigenvalue weighted by Gasteiger charge is -2.38. The molecule has 0 radical (unpaired) electrons. The lowest BCUT2D eigenvalue weighted by atomic mass is 10.0. The van der Waals surface area contributed by atoms with E-state index in [0.29, 0.717) is 19.0 Å². The minimum Gasteiger partial charge on any atom is -0.381 e. The number of piperidine rings is 1. The minimum absolute atomic E-state index is 0.0888. The minimum atomic E-state index is -3.35. The van der Waals surface area contributed by atoms with Crippen molar-refractivity contribution in [1.82, 2.24) is 13.9 Å². The molecule has 1 N–H and O–H groups in total. The Balaban J connectivity index is 2.00. The largest absolute Gasteiger partial charge is 0.381 e. The second-order valence-electron chi connectivity index (χ2n) is 6.16. The molecule has 0 amide bonds. The molecule has 2 aliphatic heterocycles. The molecule has 2 aliphatic rings. The van der Waals surface area contributed by atoms with E-state index in [1.165, 1.54) is 0 Å². The third kappa shape index (κ3) is 4.39. The molecule has 0 aliphatic carbocycles. The lowest BCUT2D eigenvalue weighted by molar-refractivity contribution is 0.0613. The van der Waals surface area contributed by atoms with Gasteiger partial charge in [0.1, 0.15) is 0 Å². The molecular formula is C14H29N3O3S. The number of likely N-dealkylation sites (N-methyl/N-ethyl adjacent to an activating group) is 1. The standard InChI is InChI=1S/C14H29N3O3S/c1-15-11-14-5-3-4-8-17(14)21(18,19)16(2)12-13-6-9-20-10-7-13/h13-15H,3-12H2,1-2H3. The van der Waals surface area contributed by atoms with Crippen LogP contribution in [0.1, 0.15) is 32.1 Å². The molecular weight excluding hydrogens is 290 g/mol. The summed E-state index contributed by atoms with van der Waals surface area (Å²) in [5.74, 6) is 0.422. The van der Waals surface area contributed by atoms with Gasteiger partial charge in [-0.15, -0.1) is 0 Å². The van der Waals surface area contributed by atoms with Crippen molar-refractivity contribution in [2.24, 2.45) is 5.92 Å². The van der Waals surface area contributed by atoms with Gasteiger partial charge < -0.3 is 10.1 Å². The Morgan fingerprint density at radius 3 is 2.62 bits per heavy atom. The van der Waals surface area contributed by atoms with Crippen LogP contribution in [-0.2, 0) is 14.9 Å². The lowest BCUT2D eigenvalue weighted by Crippen LogP contribution is -2.53. The molecule has 124 valence electrons. The Morgan fingerprint density at radius 1 is 1.24 bits per heavy atom. The number of nitrogens with one attached hydrogen (secondary N) is 1. The predicted octanol–water partition coefficient (Wildman–Crippen LogP) is 0.664. The van der Waals surface area contributed by atoms with Crippen LogP contribution >= 0.6 is 0 Å². The summed E-state index contributed by atoms with van der Waals surface area (Å²) < 4.78 is 34.3. The van der Waals surface area contributed by atoms with Crippen molar-refractivity contribution < 1.29 is 13.2 Å². The Labute approximate surface area is 129 Å². The normalized spacial score (nSPS) is 26.3. The highest BCUT2D eigenvalue weighted by Gasteiger charge is 2.35. The molecule has 0 bridgehead atoms. The molecule has 0 saturated carbocycles. The highest BCUT2D eigenvalue weighted by molar-refractivity contribution is 7.86. The molecule has 0 spiro atoms. The summed E-state index contributed by atoms with van der Waals surface area (Å²) in [4.78, 5) is 0. The third-order valence-electron chi connectivity index (χ3n) is 4.56. The van der Waals surface area contributed by atoms with Gasteiger partial charge in [-0.3, -0.25) is 0 Å². The van der Waals surface area contributed by atoms with E-state index >= 15 is 0 Å². The van der Waals surface area contributed by atoms with Crippen LogP contribution in [0.2, 0.25) is 0 Å². The number of ether oxygens (including phenoxy) is 1. The molecule has 2 heterocycles. The van der Waals surface area contributed by atoms with E-state index < -0.39 is 10.2 Å². The molecule has 21 heavy (non-hydrogen) atoms. The molecule has 0 aromatic rings. The van der Waals surface area contributed by atoms with Crippen molar-refractivity contribution >= 4 is 10.2 Å². The second-order valence-corrected chi connectivity index (χ2v) is 8.15. The van der Waals surface area contributed by atoms with Crippen LogP contribution in [-0.4, -0.2) is 70.0 Å². The molecule has 1 unspecified atom stereocenters. The van der Waals surface area contributed by atoms with Gasteiger partial charge in [0.15, 0.2) is 0 Å². The zero-order valence-corrected chi connectivity index (χ0v) is 14.1. The van der Waals surface area contributed by atoms with Crippen LogP contribution in [0.15, 0.2) is 0 Å². The van der Waals surface area contributed by atoms with Crippen molar-refractivity contribution in [1.29, 1.82) is 0 Å². The van der Waals surface area contributed by atoms with Crippen molar-refractivity contribution in [3.05, 3.63) is 0 Å². The van der Waals surface area contributed by atoms with Crippen LogP contribution in [0.25, 0.3) is 0 Å². The Bertz CT molecular complexity index is 408. The zero-order valence-electron chi connectivity index (χ0n) is 13.3. The summed E-state index contributed by atoms with van der Waals surface area (Å²) in [5.41, 5.74) is 0. The molecule has 2 fully saturated rings. The Kier molecular flexibility index (Phi) is 6.43. The van der Waals surface area contributed by atoms with E-state index in [1.807, 2.05) is 7.05 Å². The SMILES string of the molecule is CNCC1CCCCN1S(=O)(=O)N(C)CC1CCOCC1. The average Bonchev–Trinajstić information content (AvgIpc) is 2.49. The van der Waals surface area contributed by atoms with Gasteiger partial charge in [-0.25, -0.2) is 0 Å². The first-order valence-electron chi connectivity index (χ1n) is 8.01. The fourth-order valence-corrected chi connectivity index (χ4v) is 4.96. The van der Waals surface area contributed by atoms with Gasteiger partial charge >= 0.3 is 0 Å². The predicted molar refractivity (Wildman–Crippen MR) is 83.4 cm³/mol. The molecule has 1 atom stereocenters. The fourth-order valence-electron chi connectivity index (χ4n) is 3.28. The van der Waals surface area contributed by atoms with Crippen LogP contribution in [0.4, 0.5) is 0 Å². The third-order valence-corrected chi connectivity index (χ3v) is 6.57. The van der Waals surface area contributed by atoms with E-state index in [-0.39, 0.29) is 6.04 Å². The van der Waals surface area contributed by atoms with Gasteiger partial charge in [0.05, 0.1) is 0 Å². The molecule has 2 rings (SSSR count). The van der Waals surface area contributed by atoms with Crippen molar-refractivity contribution in [2.45, 2.75) is 38.1 Å². The van der Waals surface area contributed by atoms with Crippen LogP contribution in [0.3, 0.4) is 0 Å². The van der Waals surface area contributed by atoms with Crippen molar-refractivity contribution in [2.75, 3.05) is 46.9 Å². The van der Waals surface area contributed by atoms with Crippen molar-refractivity contribution in [3.63, 3.8) is 0 Å².